The van der Waals surface area contributed by atoms with Gasteiger partial charge < -0.3 is 20.8 Å². The van der Waals surface area contributed by atoms with Crippen molar-refractivity contribution in [2.45, 2.75) is 4.90 Å². The van der Waals surface area contributed by atoms with Gasteiger partial charge in [0.2, 0.25) is 0 Å². The normalized spacial score (nSPS) is 12.0. The number of anilines is 2. The number of aromatic nitrogens is 1. The molecule has 3 aromatic carbocycles. The molecule has 0 aliphatic carbocycles. The minimum absolute atomic E-state index is 0.461. The summed E-state index contributed by atoms with van der Waals surface area (Å²) >= 11 is 0. The van der Waals surface area contributed by atoms with Crippen molar-refractivity contribution in [3.8, 4) is 11.1 Å². The quantitative estimate of drug-likeness (QED) is 0.305. The SMILES string of the molecule is N=Cc1c(N)cc(-c2cccc3[nH]ccc23)cc1NS(=O)c1ccccc1. The summed E-state index contributed by atoms with van der Waals surface area (Å²) in [5.74, 6) is 0. The number of aromatic amines is 1. The van der Waals surface area contributed by atoms with Crippen LogP contribution in [0.25, 0.3) is 22.0 Å². The molecule has 1 atom stereocenters. The summed E-state index contributed by atoms with van der Waals surface area (Å²) in [5.41, 5.74) is 10.7. The summed E-state index contributed by atoms with van der Waals surface area (Å²) in [4.78, 5) is 3.86. The summed E-state index contributed by atoms with van der Waals surface area (Å²) in [6.45, 7) is 0. The van der Waals surface area contributed by atoms with Gasteiger partial charge in [-0.1, -0.05) is 30.3 Å². The number of H-pyrrole nitrogens is 1. The Morgan fingerprint density at radius 2 is 1.85 bits per heavy atom. The van der Waals surface area contributed by atoms with E-state index >= 15 is 0 Å². The molecule has 4 aromatic rings. The smallest absolute Gasteiger partial charge is 0.150 e. The molecule has 0 radical (unpaired) electrons. The first-order valence-electron chi connectivity index (χ1n) is 8.41. The highest BCUT2D eigenvalue weighted by atomic mass is 32.2. The molecule has 0 saturated heterocycles. The number of fused-ring (bicyclic) bond motifs is 1. The van der Waals surface area contributed by atoms with Gasteiger partial charge in [-0.15, -0.1) is 0 Å². The highest BCUT2D eigenvalue weighted by molar-refractivity contribution is 7.86. The summed E-state index contributed by atoms with van der Waals surface area (Å²) in [6.07, 6.45) is 3.08. The van der Waals surface area contributed by atoms with Gasteiger partial charge in [-0.3, -0.25) is 0 Å². The third-order valence-corrected chi connectivity index (χ3v) is 5.53. The molecule has 1 heterocycles. The van der Waals surface area contributed by atoms with Crippen molar-refractivity contribution in [3.63, 3.8) is 0 Å². The zero-order valence-electron chi connectivity index (χ0n) is 14.4. The molecule has 4 rings (SSSR count). The number of benzene rings is 3. The molecule has 0 saturated carbocycles. The fourth-order valence-electron chi connectivity index (χ4n) is 3.12. The second kappa shape index (κ2) is 7.09. The fraction of sp³-hybridized carbons (Fsp3) is 0. The third-order valence-electron chi connectivity index (χ3n) is 4.42. The fourth-order valence-corrected chi connectivity index (χ4v) is 4.01. The molecule has 1 unspecified atom stereocenters. The highest BCUT2D eigenvalue weighted by Crippen LogP contribution is 2.34. The van der Waals surface area contributed by atoms with E-state index in [0.717, 1.165) is 22.0 Å². The maximum atomic E-state index is 12.7. The van der Waals surface area contributed by atoms with E-state index in [2.05, 4.69) is 9.71 Å². The van der Waals surface area contributed by atoms with Gasteiger partial charge >= 0.3 is 0 Å². The summed E-state index contributed by atoms with van der Waals surface area (Å²) in [7, 11) is -1.45. The van der Waals surface area contributed by atoms with Crippen molar-refractivity contribution < 1.29 is 4.21 Å². The number of rotatable bonds is 5. The Hall–Kier alpha value is -3.38. The lowest BCUT2D eigenvalue weighted by atomic mass is 9.98. The van der Waals surface area contributed by atoms with Crippen LogP contribution in [0.2, 0.25) is 0 Å². The molecule has 1 aromatic heterocycles. The van der Waals surface area contributed by atoms with Crippen LogP contribution < -0.4 is 10.5 Å². The molecule has 0 aliphatic rings. The largest absolute Gasteiger partial charge is 0.398 e. The number of hydrogen-bond donors (Lipinski definition) is 4. The summed E-state index contributed by atoms with van der Waals surface area (Å²) in [6, 6.07) is 20.9. The van der Waals surface area contributed by atoms with E-state index < -0.39 is 11.0 Å². The topological polar surface area (TPSA) is 94.8 Å². The maximum absolute atomic E-state index is 12.7. The number of nitrogens with one attached hydrogen (secondary N) is 3. The van der Waals surface area contributed by atoms with Crippen molar-refractivity contribution in [2.75, 3.05) is 10.5 Å². The molecule has 0 spiro atoms. The van der Waals surface area contributed by atoms with Gasteiger partial charge in [-0.2, -0.15) is 0 Å². The van der Waals surface area contributed by atoms with Crippen LogP contribution in [0.1, 0.15) is 5.56 Å². The Balaban J connectivity index is 1.81. The molecule has 5 nitrogen and oxygen atoms in total. The van der Waals surface area contributed by atoms with Crippen molar-refractivity contribution in [1.82, 2.24) is 4.98 Å². The Morgan fingerprint density at radius 1 is 1.04 bits per heavy atom. The zero-order chi connectivity index (χ0) is 18.8. The van der Waals surface area contributed by atoms with Crippen LogP contribution >= 0.6 is 0 Å². The molecule has 0 aliphatic heterocycles. The predicted octanol–water partition coefficient (Wildman–Crippen LogP) is 4.55. The van der Waals surface area contributed by atoms with Crippen molar-refractivity contribution >= 4 is 39.5 Å². The van der Waals surface area contributed by atoms with Crippen molar-refractivity contribution in [3.05, 3.63) is 78.5 Å². The molecule has 5 N–H and O–H groups in total. The van der Waals surface area contributed by atoms with E-state index in [9.17, 15) is 4.21 Å². The molecule has 134 valence electrons. The lowest BCUT2D eigenvalue weighted by molar-refractivity contribution is 0.686. The van der Waals surface area contributed by atoms with Crippen LogP contribution in [0.15, 0.2) is 77.8 Å². The minimum Gasteiger partial charge on any atom is -0.398 e. The van der Waals surface area contributed by atoms with Crippen LogP contribution in [0.3, 0.4) is 0 Å². The standard InChI is InChI=1S/C21H18N4OS/c22-13-18-19(23)11-14(16-7-4-8-20-17(16)9-10-24-20)12-21(18)25-27(26)15-5-2-1-3-6-15/h1-13,22,24-25H,23H2. The van der Waals surface area contributed by atoms with E-state index in [1.165, 1.54) is 6.21 Å². The summed E-state index contributed by atoms with van der Waals surface area (Å²) < 4.78 is 15.7. The Morgan fingerprint density at radius 3 is 2.63 bits per heavy atom. The molecular formula is C21H18N4OS. The first-order valence-corrected chi connectivity index (χ1v) is 9.56. The molecule has 0 bridgehead atoms. The second-order valence-corrected chi connectivity index (χ2v) is 7.31. The van der Waals surface area contributed by atoms with E-state index in [1.807, 2.05) is 60.8 Å². The Bertz CT molecular complexity index is 1150. The van der Waals surface area contributed by atoms with Crippen LogP contribution in [0.5, 0.6) is 0 Å². The summed E-state index contributed by atoms with van der Waals surface area (Å²) in [5, 5.41) is 8.79. The second-order valence-electron chi connectivity index (χ2n) is 6.10. The van der Waals surface area contributed by atoms with Gasteiger partial charge in [0.1, 0.15) is 11.0 Å². The van der Waals surface area contributed by atoms with Gasteiger partial charge in [0.25, 0.3) is 0 Å². The lowest BCUT2D eigenvalue weighted by Gasteiger charge is -2.14. The highest BCUT2D eigenvalue weighted by Gasteiger charge is 2.13. The Labute approximate surface area is 159 Å². The van der Waals surface area contributed by atoms with Crippen molar-refractivity contribution in [2.24, 2.45) is 0 Å². The lowest BCUT2D eigenvalue weighted by Crippen LogP contribution is -2.08. The van der Waals surface area contributed by atoms with E-state index in [1.54, 1.807) is 12.1 Å². The van der Waals surface area contributed by atoms with Gasteiger partial charge in [0.05, 0.1) is 10.6 Å². The van der Waals surface area contributed by atoms with Crippen LogP contribution in [0, 0.1) is 5.41 Å². The first kappa shape index (κ1) is 17.1. The van der Waals surface area contributed by atoms with Crippen LogP contribution in [0.4, 0.5) is 11.4 Å². The minimum atomic E-state index is -1.45. The first-order chi connectivity index (χ1) is 13.2. The van der Waals surface area contributed by atoms with Gasteiger partial charge in [-0.05, 0) is 47.5 Å². The monoisotopic (exact) mass is 374 g/mol. The molecule has 6 heteroatoms. The number of nitrogens with two attached hydrogens (primary N) is 1. The molecule has 27 heavy (non-hydrogen) atoms. The average molecular weight is 374 g/mol. The van der Waals surface area contributed by atoms with Gasteiger partial charge in [0.15, 0.2) is 0 Å². The average Bonchev–Trinajstić information content (AvgIpc) is 3.17. The van der Waals surface area contributed by atoms with Crippen molar-refractivity contribution in [1.29, 1.82) is 5.41 Å². The van der Waals surface area contributed by atoms with E-state index in [0.29, 0.717) is 21.8 Å². The van der Waals surface area contributed by atoms with Gasteiger partial charge in [0, 0.05) is 34.6 Å². The molecular weight excluding hydrogens is 356 g/mol. The third kappa shape index (κ3) is 3.22. The van der Waals surface area contributed by atoms with E-state index in [-0.39, 0.29) is 0 Å². The number of nitrogen functional groups attached to an aromatic ring is 1. The predicted molar refractivity (Wildman–Crippen MR) is 113 cm³/mol. The maximum Gasteiger partial charge on any atom is 0.150 e. The zero-order valence-corrected chi connectivity index (χ0v) is 15.2. The molecule has 0 amide bonds. The van der Waals surface area contributed by atoms with E-state index in [4.69, 9.17) is 11.1 Å². The van der Waals surface area contributed by atoms with Crippen LogP contribution in [-0.4, -0.2) is 15.4 Å². The van der Waals surface area contributed by atoms with Crippen LogP contribution in [-0.2, 0) is 11.0 Å². The molecule has 0 fully saturated rings. The Kier molecular flexibility index (Phi) is 4.48. The van der Waals surface area contributed by atoms with Gasteiger partial charge in [-0.25, -0.2) is 4.21 Å². The number of hydrogen-bond acceptors (Lipinski definition) is 3.